The number of rotatable bonds is 4. The summed E-state index contributed by atoms with van der Waals surface area (Å²) in [5.41, 5.74) is 7.37. The molecule has 22 heavy (non-hydrogen) atoms. The van der Waals surface area contributed by atoms with Crippen molar-refractivity contribution >= 4 is 17.6 Å². The number of nitriles is 1. The molecule has 1 aromatic heterocycles. The Balaban J connectivity index is 2.59. The Morgan fingerprint density at radius 2 is 2.09 bits per heavy atom. The fourth-order valence-corrected chi connectivity index (χ4v) is 2.38. The molecule has 0 spiro atoms. The maximum atomic E-state index is 9.55. The van der Waals surface area contributed by atoms with E-state index < -0.39 is 6.04 Å². The lowest BCUT2D eigenvalue weighted by atomic mass is 10.0. The molecule has 0 saturated carbocycles. The fraction of sp³-hybridized carbons (Fsp3) is 0.188. The zero-order valence-electron chi connectivity index (χ0n) is 12.1. The number of guanidine groups is 1. The molecule has 0 aliphatic carbocycles. The predicted molar refractivity (Wildman–Crippen MR) is 87.1 cm³/mol. The maximum absolute atomic E-state index is 9.55. The molecule has 1 atom stereocenters. The van der Waals surface area contributed by atoms with Gasteiger partial charge in [0, 0.05) is 23.3 Å². The highest BCUT2D eigenvalue weighted by atomic mass is 35.5. The first-order chi connectivity index (χ1) is 10.7. The van der Waals surface area contributed by atoms with Crippen molar-refractivity contribution in [1.82, 2.24) is 9.88 Å². The second kappa shape index (κ2) is 7.43. The lowest BCUT2D eigenvalue weighted by molar-refractivity contribution is 0.470. The molecule has 1 aromatic carbocycles. The van der Waals surface area contributed by atoms with Crippen LogP contribution >= 0.6 is 11.6 Å². The van der Waals surface area contributed by atoms with Gasteiger partial charge in [0.1, 0.15) is 6.04 Å². The topological polar surface area (TPSA) is 78.3 Å². The molecule has 2 N–H and O–H groups in total. The van der Waals surface area contributed by atoms with Gasteiger partial charge >= 0.3 is 0 Å². The third-order valence-electron chi connectivity index (χ3n) is 3.10. The number of hydrogen-bond donors (Lipinski definition) is 1. The van der Waals surface area contributed by atoms with Crippen molar-refractivity contribution in [1.29, 1.82) is 5.26 Å². The fourth-order valence-electron chi connectivity index (χ4n) is 2.14. The molecule has 6 heteroatoms. The Bertz CT molecular complexity index is 693. The predicted octanol–water partition coefficient (Wildman–Crippen LogP) is 2.94. The Hall–Kier alpha value is -2.58. The Morgan fingerprint density at radius 1 is 1.36 bits per heavy atom. The van der Waals surface area contributed by atoms with E-state index in [2.05, 4.69) is 16.2 Å². The van der Waals surface area contributed by atoms with Gasteiger partial charge in [0.25, 0.3) is 0 Å². The number of pyridine rings is 1. The van der Waals surface area contributed by atoms with E-state index in [4.69, 9.17) is 17.3 Å². The summed E-state index contributed by atoms with van der Waals surface area (Å²) in [5.74, 6) is 0.139. The standard InChI is InChI=1S/C16H16ClN5/c1-2-20-16(19)22(11-18)15(14-9-5-6-10-21-14)12-7-3-4-8-13(12)17/h3-10,15H,2H2,1H3,(H2,19,20). The number of nitrogens with zero attached hydrogens (tertiary/aromatic N) is 4. The van der Waals surface area contributed by atoms with Crippen molar-refractivity contribution in [3.8, 4) is 6.19 Å². The lowest BCUT2D eigenvalue weighted by Gasteiger charge is -2.26. The van der Waals surface area contributed by atoms with Crippen LogP contribution in [-0.2, 0) is 0 Å². The van der Waals surface area contributed by atoms with Gasteiger partial charge in [-0.05, 0) is 25.1 Å². The second-order valence-corrected chi connectivity index (χ2v) is 4.89. The number of hydrogen-bond acceptors (Lipinski definition) is 3. The molecule has 112 valence electrons. The zero-order valence-corrected chi connectivity index (χ0v) is 12.9. The maximum Gasteiger partial charge on any atom is 0.205 e. The number of nitrogens with two attached hydrogens (primary N) is 1. The Morgan fingerprint density at radius 3 is 2.68 bits per heavy atom. The third-order valence-corrected chi connectivity index (χ3v) is 3.44. The quantitative estimate of drug-likeness (QED) is 0.407. The Labute approximate surface area is 134 Å². The van der Waals surface area contributed by atoms with Crippen molar-refractivity contribution < 1.29 is 0 Å². The van der Waals surface area contributed by atoms with Gasteiger partial charge in [-0.2, -0.15) is 5.26 Å². The molecule has 2 aromatic rings. The van der Waals surface area contributed by atoms with Gasteiger partial charge in [-0.1, -0.05) is 35.9 Å². The highest BCUT2D eigenvalue weighted by Gasteiger charge is 2.27. The minimum atomic E-state index is -0.518. The van der Waals surface area contributed by atoms with Gasteiger partial charge in [-0.3, -0.25) is 9.98 Å². The number of benzene rings is 1. The van der Waals surface area contributed by atoms with E-state index in [-0.39, 0.29) is 5.96 Å². The molecular formula is C16H16ClN5. The number of halogens is 1. The van der Waals surface area contributed by atoms with Crippen molar-refractivity contribution in [3.05, 3.63) is 64.9 Å². The van der Waals surface area contributed by atoms with Crippen LogP contribution in [0.25, 0.3) is 0 Å². The molecule has 1 unspecified atom stereocenters. The molecule has 0 amide bonds. The van der Waals surface area contributed by atoms with Crippen LogP contribution in [0, 0.1) is 11.5 Å². The van der Waals surface area contributed by atoms with Crippen molar-refractivity contribution in [2.45, 2.75) is 13.0 Å². The average molecular weight is 314 g/mol. The zero-order chi connectivity index (χ0) is 15.9. The summed E-state index contributed by atoms with van der Waals surface area (Å²) in [4.78, 5) is 9.80. The second-order valence-electron chi connectivity index (χ2n) is 4.48. The van der Waals surface area contributed by atoms with E-state index in [1.165, 1.54) is 4.90 Å². The minimum Gasteiger partial charge on any atom is -0.369 e. The molecule has 0 bridgehead atoms. The number of aromatic nitrogens is 1. The van der Waals surface area contributed by atoms with Crippen molar-refractivity contribution in [2.75, 3.05) is 6.54 Å². The molecule has 0 aliphatic rings. The molecular weight excluding hydrogens is 298 g/mol. The molecule has 0 aliphatic heterocycles. The first-order valence-electron chi connectivity index (χ1n) is 6.83. The molecule has 2 rings (SSSR count). The van der Waals surface area contributed by atoms with Crippen LogP contribution < -0.4 is 5.73 Å². The van der Waals surface area contributed by atoms with Crippen LogP contribution in [0.1, 0.15) is 24.2 Å². The van der Waals surface area contributed by atoms with E-state index in [9.17, 15) is 5.26 Å². The van der Waals surface area contributed by atoms with Crippen LogP contribution in [0.15, 0.2) is 53.7 Å². The van der Waals surface area contributed by atoms with Gasteiger partial charge < -0.3 is 5.73 Å². The van der Waals surface area contributed by atoms with Crippen LogP contribution in [0.5, 0.6) is 0 Å². The SMILES string of the molecule is CCN=C(N)N(C#N)C(c1ccccn1)c1ccccc1Cl. The van der Waals surface area contributed by atoms with Crippen molar-refractivity contribution in [2.24, 2.45) is 10.7 Å². The van der Waals surface area contributed by atoms with Gasteiger partial charge in [0.2, 0.25) is 5.96 Å². The van der Waals surface area contributed by atoms with Crippen LogP contribution in [0.4, 0.5) is 0 Å². The van der Waals surface area contributed by atoms with E-state index in [1.807, 2.05) is 43.3 Å². The Kier molecular flexibility index (Phi) is 5.34. The van der Waals surface area contributed by atoms with Crippen molar-refractivity contribution in [3.63, 3.8) is 0 Å². The summed E-state index contributed by atoms with van der Waals surface area (Å²) in [7, 11) is 0. The third kappa shape index (κ3) is 3.35. The van der Waals surface area contributed by atoms with E-state index in [0.717, 1.165) is 5.56 Å². The largest absolute Gasteiger partial charge is 0.369 e. The van der Waals surface area contributed by atoms with Crippen LogP contribution in [-0.4, -0.2) is 22.4 Å². The minimum absolute atomic E-state index is 0.139. The summed E-state index contributed by atoms with van der Waals surface area (Å²) < 4.78 is 0. The molecule has 0 fully saturated rings. The summed E-state index contributed by atoms with van der Waals surface area (Å²) in [6, 6.07) is 12.3. The van der Waals surface area contributed by atoms with Gasteiger partial charge in [-0.15, -0.1) is 0 Å². The van der Waals surface area contributed by atoms with E-state index in [1.54, 1.807) is 12.3 Å². The smallest absolute Gasteiger partial charge is 0.205 e. The average Bonchev–Trinajstić information content (AvgIpc) is 2.54. The molecule has 1 heterocycles. The summed E-state index contributed by atoms with van der Waals surface area (Å²) >= 11 is 6.31. The van der Waals surface area contributed by atoms with Crippen LogP contribution in [0.3, 0.4) is 0 Å². The van der Waals surface area contributed by atoms with Crippen LogP contribution in [0.2, 0.25) is 5.02 Å². The summed E-state index contributed by atoms with van der Waals surface area (Å²) in [6.45, 7) is 2.34. The van der Waals surface area contributed by atoms with E-state index in [0.29, 0.717) is 17.3 Å². The summed E-state index contributed by atoms with van der Waals surface area (Å²) in [6.07, 6.45) is 3.76. The van der Waals surface area contributed by atoms with Gasteiger partial charge in [0.05, 0.1) is 5.69 Å². The molecule has 5 nitrogen and oxygen atoms in total. The molecule has 0 radical (unpaired) electrons. The van der Waals surface area contributed by atoms with Gasteiger partial charge in [0.15, 0.2) is 6.19 Å². The lowest BCUT2D eigenvalue weighted by Crippen LogP contribution is -2.37. The van der Waals surface area contributed by atoms with E-state index >= 15 is 0 Å². The highest BCUT2D eigenvalue weighted by molar-refractivity contribution is 6.31. The highest BCUT2D eigenvalue weighted by Crippen LogP contribution is 2.31. The number of aliphatic imine (C=N–C) groups is 1. The summed E-state index contributed by atoms with van der Waals surface area (Å²) in [5, 5.41) is 10.1. The first-order valence-corrected chi connectivity index (χ1v) is 7.21. The first kappa shape index (κ1) is 15.8. The van der Waals surface area contributed by atoms with Gasteiger partial charge in [-0.25, -0.2) is 4.90 Å². The molecule has 0 saturated heterocycles. The normalized spacial score (nSPS) is 12.5. The monoisotopic (exact) mass is 313 g/mol.